The Kier molecular flexibility index (Phi) is 6.18. The van der Waals surface area contributed by atoms with Gasteiger partial charge in [0.2, 0.25) is 0 Å². The fourth-order valence-electron chi connectivity index (χ4n) is 5.82. The summed E-state index contributed by atoms with van der Waals surface area (Å²) in [5.74, 6) is -3.56. The molecule has 0 radical (unpaired) electrons. The van der Waals surface area contributed by atoms with Gasteiger partial charge < -0.3 is 10.2 Å². The van der Waals surface area contributed by atoms with Crippen molar-refractivity contribution in [3.05, 3.63) is 131 Å². The first-order valence-electron chi connectivity index (χ1n) is 12.4. The van der Waals surface area contributed by atoms with Gasteiger partial charge in [0.25, 0.3) is 0 Å². The summed E-state index contributed by atoms with van der Waals surface area (Å²) in [6, 6.07) is 35.5. The molecule has 5 rings (SSSR count). The molecule has 1 unspecified atom stereocenters. The van der Waals surface area contributed by atoms with Crippen molar-refractivity contribution in [3.8, 4) is 11.1 Å². The van der Waals surface area contributed by atoms with Crippen LogP contribution in [0.3, 0.4) is 0 Å². The molecule has 2 atom stereocenters. The third-order valence-corrected chi connectivity index (χ3v) is 7.91. The molecular weight excluding hydrogens is 462 g/mol. The first-order valence-corrected chi connectivity index (χ1v) is 12.4. The molecule has 4 aromatic carbocycles. The zero-order valence-corrected chi connectivity index (χ0v) is 20.8. The topological polar surface area (TPSA) is 77.8 Å². The molecule has 1 aliphatic carbocycles. The SMILES string of the molecule is CC(C(=O)O)[C@@](C)(C(=O)O)N(Cc1ccccc1)C1(c2ccccc2)c2ccccc2-c2ccccc21. The van der Waals surface area contributed by atoms with E-state index in [1.54, 1.807) is 6.92 Å². The van der Waals surface area contributed by atoms with Crippen molar-refractivity contribution in [3.63, 3.8) is 0 Å². The van der Waals surface area contributed by atoms with Gasteiger partial charge in [-0.3, -0.25) is 14.5 Å². The summed E-state index contributed by atoms with van der Waals surface area (Å²) < 4.78 is 0. The van der Waals surface area contributed by atoms with Crippen LogP contribution in [-0.2, 0) is 21.7 Å². The van der Waals surface area contributed by atoms with Crippen LogP contribution in [0.2, 0.25) is 0 Å². The van der Waals surface area contributed by atoms with Crippen LogP contribution in [0, 0.1) is 5.92 Å². The van der Waals surface area contributed by atoms with Crippen LogP contribution in [0.4, 0.5) is 0 Å². The van der Waals surface area contributed by atoms with Gasteiger partial charge in [0.05, 0.1) is 11.5 Å². The largest absolute Gasteiger partial charge is 0.481 e. The predicted molar refractivity (Wildman–Crippen MR) is 143 cm³/mol. The third-order valence-electron chi connectivity index (χ3n) is 7.91. The molecule has 5 heteroatoms. The Morgan fingerprint density at radius 1 is 0.757 bits per heavy atom. The minimum absolute atomic E-state index is 0.221. The second-order valence-electron chi connectivity index (χ2n) is 9.75. The number of hydrogen-bond acceptors (Lipinski definition) is 3. The number of benzene rings is 4. The van der Waals surface area contributed by atoms with Crippen LogP contribution >= 0.6 is 0 Å². The number of carboxylic acids is 2. The Labute approximate surface area is 216 Å². The van der Waals surface area contributed by atoms with E-state index < -0.39 is 28.9 Å². The molecule has 0 amide bonds. The molecule has 4 aromatic rings. The maximum Gasteiger partial charge on any atom is 0.324 e. The Morgan fingerprint density at radius 3 is 1.70 bits per heavy atom. The maximum absolute atomic E-state index is 13.2. The highest BCUT2D eigenvalue weighted by molar-refractivity contribution is 5.88. The average Bonchev–Trinajstić information content (AvgIpc) is 3.23. The molecule has 186 valence electrons. The van der Waals surface area contributed by atoms with Gasteiger partial charge in [-0.1, -0.05) is 109 Å². The molecule has 0 aromatic heterocycles. The summed E-state index contributed by atoms with van der Waals surface area (Å²) in [5.41, 5.74) is 2.83. The minimum Gasteiger partial charge on any atom is -0.481 e. The van der Waals surface area contributed by atoms with Gasteiger partial charge in [0.15, 0.2) is 0 Å². The van der Waals surface area contributed by atoms with E-state index in [2.05, 4.69) is 12.1 Å². The second kappa shape index (κ2) is 9.34. The molecule has 0 aliphatic heterocycles. The smallest absolute Gasteiger partial charge is 0.324 e. The lowest BCUT2D eigenvalue weighted by Gasteiger charge is -2.52. The molecule has 0 saturated heterocycles. The highest BCUT2D eigenvalue weighted by atomic mass is 16.4. The molecule has 0 heterocycles. The zero-order chi connectivity index (χ0) is 26.2. The van der Waals surface area contributed by atoms with Crippen LogP contribution in [0.25, 0.3) is 11.1 Å². The number of nitrogens with zero attached hydrogens (tertiary/aromatic N) is 1. The summed E-state index contributed by atoms with van der Waals surface area (Å²) in [4.78, 5) is 27.6. The van der Waals surface area contributed by atoms with Crippen molar-refractivity contribution >= 4 is 11.9 Å². The number of rotatable bonds is 8. The summed E-state index contributed by atoms with van der Waals surface area (Å²) in [5, 5.41) is 21.0. The van der Waals surface area contributed by atoms with Crippen LogP contribution in [0.15, 0.2) is 109 Å². The van der Waals surface area contributed by atoms with Crippen molar-refractivity contribution < 1.29 is 19.8 Å². The first kappa shape index (κ1) is 24.5. The van der Waals surface area contributed by atoms with Crippen LogP contribution in [-0.4, -0.2) is 32.6 Å². The van der Waals surface area contributed by atoms with Crippen LogP contribution in [0.1, 0.15) is 36.1 Å². The molecule has 5 nitrogen and oxygen atoms in total. The second-order valence-corrected chi connectivity index (χ2v) is 9.75. The Balaban J connectivity index is 1.94. The van der Waals surface area contributed by atoms with Crippen molar-refractivity contribution in [1.29, 1.82) is 0 Å². The Hall–Kier alpha value is -4.22. The molecule has 0 bridgehead atoms. The number of aliphatic carboxylic acids is 2. The monoisotopic (exact) mass is 491 g/mol. The molecular formula is C32H29NO4. The van der Waals surface area contributed by atoms with Gasteiger partial charge in [-0.2, -0.15) is 0 Å². The van der Waals surface area contributed by atoms with Crippen LogP contribution < -0.4 is 0 Å². The number of carbonyl (C=O) groups is 2. The van der Waals surface area contributed by atoms with Gasteiger partial charge in [-0.25, -0.2) is 0 Å². The van der Waals surface area contributed by atoms with E-state index in [0.717, 1.165) is 33.4 Å². The predicted octanol–water partition coefficient (Wildman–Crippen LogP) is 6.03. The lowest BCUT2D eigenvalue weighted by atomic mass is 9.73. The standard InChI is InChI=1S/C32H29NO4/c1-22(29(34)35)31(2,30(36)37)33(21-23-13-5-3-6-14-23)32(24-15-7-4-8-16-24)27-19-11-9-17-25(27)26-18-10-12-20-28(26)32/h3-20,22H,21H2,1-2H3,(H,34,35)(H,36,37)/t22?,31-/m0/s1. The lowest BCUT2D eigenvalue weighted by Crippen LogP contribution is -2.65. The van der Waals surface area contributed by atoms with Crippen molar-refractivity contribution in [2.24, 2.45) is 5.92 Å². The van der Waals surface area contributed by atoms with Gasteiger partial charge in [0.1, 0.15) is 5.54 Å². The normalized spacial score (nSPS) is 15.9. The Morgan fingerprint density at radius 2 is 1.22 bits per heavy atom. The van der Waals surface area contributed by atoms with Crippen molar-refractivity contribution in [2.45, 2.75) is 31.5 Å². The van der Waals surface area contributed by atoms with E-state index >= 15 is 0 Å². The fourth-order valence-corrected chi connectivity index (χ4v) is 5.82. The summed E-state index contributed by atoms with van der Waals surface area (Å²) in [7, 11) is 0. The van der Waals surface area contributed by atoms with Gasteiger partial charge >= 0.3 is 11.9 Å². The summed E-state index contributed by atoms with van der Waals surface area (Å²) in [6.45, 7) is 3.25. The zero-order valence-electron chi connectivity index (χ0n) is 20.8. The molecule has 0 spiro atoms. The number of hydrogen-bond donors (Lipinski definition) is 2. The van der Waals surface area contributed by atoms with E-state index in [4.69, 9.17) is 0 Å². The molecule has 0 fully saturated rings. The van der Waals surface area contributed by atoms with Gasteiger partial charge in [-0.05, 0) is 47.2 Å². The molecule has 37 heavy (non-hydrogen) atoms. The average molecular weight is 492 g/mol. The number of fused-ring (bicyclic) bond motifs is 3. The third kappa shape index (κ3) is 3.66. The van der Waals surface area contributed by atoms with E-state index in [0.29, 0.717) is 0 Å². The van der Waals surface area contributed by atoms with Gasteiger partial charge in [0, 0.05) is 6.54 Å². The fraction of sp³-hybridized carbons (Fsp3) is 0.188. The maximum atomic E-state index is 13.2. The quantitative estimate of drug-likeness (QED) is 0.315. The molecule has 1 aliphatic rings. The minimum atomic E-state index is -1.78. The van der Waals surface area contributed by atoms with Gasteiger partial charge in [-0.15, -0.1) is 0 Å². The molecule has 0 saturated carbocycles. The van der Waals surface area contributed by atoms with Crippen molar-refractivity contribution in [1.82, 2.24) is 4.90 Å². The van der Waals surface area contributed by atoms with Crippen molar-refractivity contribution in [2.75, 3.05) is 0 Å². The Bertz CT molecular complexity index is 1400. The van der Waals surface area contributed by atoms with Crippen LogP contribution in [0.5, 0.6) is 0 Å². The first-order chi connectivity index (χ1) is 17.8. The van der Waals surface area contributed by atoms with E-state index in [-0.39, 0.29) is 6.54 Å². The summed E-state index contributed by atoms with van der Waals surface area (Å²) >= 11 is 0. The summed E-state index contributed by atoms with van der Waals surface area (Å²) in [6.07, 6.45) is 0. The van der Waals surface area contributed by atoms with E-state index in [9.17, 15) is 19.8 Å². The molecule has 2 N–H and O–H groups in total. The van der Waals surface area contributed by atoms with E-state index in [1.807, 2.05) is 102 Å². The van der Waals surface area contributed by atoms with E-state index in [1.165, 1.54) is 6.92 Å². The highest BCUT2D eigenvalue weighted by Crippen LogP contribution is 2.57. The highest BCUT2D eigenvalue weighted by Gasteiger charge is 2.59. The number of carboxylic acid groups (broad SMARTS) is 2. The lowest BCUT2D eigenvalue weighted by molar-refractivity contribution is -0.168.